The zero-order valence-corrected chi connectivity index (χ0v) is 13.3. The first kappa shape index (κ1) is 14.3. The van der Waals surface area contributed by atoms with Crippen LogP contribution >= 0.6 is 0 Å². The highest BCUT2D eigenvalue weighted by Crippen LogP contribution is 2.36. The third kappa shape index (κ3) is 2.39. The van der Waals surface area contributed by atoms with E-state index in [0.717, 1.165) is 28.2 Å². The minimum absolute atomic E-state index is 0.287. The fourth-order valence-electron chi connectivity index (χ4n) is 2.87. The molecule has 116 valence electrons. The maximum atomic E-state index is 13.2. The average Bonchev–Trinajstić information content (AvgIpc) is 3.08. The summed E-state index contributed by atoms with van der Waals surface area (Å²) in [6.07, 6.45) is 1.75. The number of aromatic nitrogens is 3. The third-order valence-electron chi connectivity index (χ3n) is 3.92. The Balaban J connectivity index is 1.98. The van der Waals surface area contributed by atoms with Crippen LogP contribution in [0.4, 0.5) is 4.39 Å². The molecule has 3 aromatic rings. The lowest BCUT2D eigenvalue weighted by molar-refractivity contribution is 0.628. The van der Waals surface area contributed by atoms with Crippen molar-refractivity contribution >= 4 is 10.8 Å². The monoisotopic (exact) mass is 327 g/mol. The molecule has 0 aliphatic carbocycles. The average molecular weight is 327 g/mol. The summed E-state index contributed by atoms with van der Waals surface area (Å²) in [6.45, 7) is 2.60. The molecule has 2 aromatic heterocycles. The topological polar surface area (TPSA) is 47.8 Å². The number of benzene rings is 1. The van der Waals surface area contributed by atoms with E-state index in [0.29, 0.717) is 17.5 Å². The number of imidazole rings is 1. The van der Waals surface area contributed by atoms with Crippen LogP contribution in [0.1, 0.15) is 5.69 Å². The molecule has 1 aromatic carbocycles. The number of pyridine rings is 1. The van der Waals surface area contributed by atoms with Gasteiger partial charge in [-0.1, -0.05) is 0 Å². The van der Waals surface area contributed by atoms with Crippen molar-refractivity contribution in [2.45, 2.75) is 18.6 Å². The first-order valence-electron chi connectivity index (χ1n) is 7.31. The van der Waals surface area contributed by atoms with Crippen molar-refractivity contribution < 1.29 is 8.60 Å². The smallest absolute Gasteiger partial charge is 0.200 e. The minimum Gasteiger partial charge on any atom is -0.315 e. The molecule has 1 aliphatic heterocycles. The molecule has 1 atom stereocenters. The zero-order valence-electron chi connectivity index (χ0n) is 12.5. The van der Waals surface area contributed by atoms with E-state index >= 15 is 0 Å². The Kier molecular flexibility index (Phi) is 3.34. The minimum atomic E-state index is -1.08. The summed E-state index contributed by atoms with van der Waals surface area (Å²) in [6, 6.07) is 10.1. The number of halogens is 1. The van der Waals surface area contributed by atoms with Gasteiger partial charge in [0.15, 0.2) is 5.16 Å². The lowest BCUT2D eigenvalue weighted by Crippen LogP contribution is -1.98. The van der Waals surface area contributed by atoms with Gasteiger partial charge in [-0.3, -0.25) is 9.19 Å². The number of hydrogen-bond acceptors (Lipinski definition) is 3. The normalized spacial score (nSPS) is 16.5. The molecule has 0 fully saturated rings. The molecule has 6 heteroatoms. The van der Waals surface area contributed by atoms with Gasteiger partial charge in [-0.05, 0) is 43.3 Å². The van der Waals surface area contributed by atoms with Crippen LogP contribution in [0.25, 0.3) is 22.5 Å². The highest BCUT2D eigenvalue weighted by Gasteiger charge is 2.27. The van der Waals surface area contributed by atoms with Gasteiger partial charge in [0, 0.05) is 35.3 Å². The second-order valence-electron chi connectivity index (χ2n) is 5.49. The van der Waals surface area contributed by atoms with Crippen LogP contribution < -0.4 is 0 Å². The Hall–Kier alpha value is -2.34. The Morgan fingerprint density at radius 3 is 2.70 bits per heavy atom. The molecule has 0 saturated heterocycles. The largest absolute Gasteiger partial charge is 0.315 e. The van der Waals surface area contributed by atoms with Gasteiger partial charge in [0.05, 0.1) is 22.2 Å². The van der Waals surface area contributed by atoms with E-state index in [1.54, 1.807) is 18.3 Å². The van der Waals surface area contributed by atoms with E-state index in [-0.39, 0.29) is 5.82 Å². The summed E-state index contributed by atoms with van der Waals surface area (Å²) in [7, 11) is -1.08. The van der Waals surface area contributed by atoms with Crippen molar-refractivity contribution in [3.05, 3.63) is 54.1 Å². The molecule has 4 rings (SSSR count). The number of nitrogens with zero attached hydrogens (tertiary/aromatic N) is 3. The summed E-state index contributed by atoms with van der Waals surface area (Å²) < 4.78 is 27.4. The summed E-state index contributed by atoms with van der Waals surface area (Å²) in [5.41, 5.74) is 4.35. The van der Waals surface area contributed by atoms with Crippen molar-refractivity contribution in [3.8, 4) is 22.5 Å². The molecule has 0 amide bonds. The molecule has 0 N–H and O–H groups in total. The van der Waals surface area contributed by atoms with Gasteiger partial charge >= 0.3 is 0 Å². The van der Waals surface area contributed by atoms with E-state index in [1.807, 2.05) is 23.6 Å². The predicted octanol–water partition coefficient (Wildman–Crippen LogP) is 3.18. The Morgan fingerprint density at radius 1 is 1.17 bits per heavy atom. The van der Waals surface area contributed by atoms with E-state index in [9.17, 15) is 8.60 Å². The van der Waals surface area contributed by atoms with Gasteiger partial charge in [-0.15, -0.1) is 0 Å². The van der Waals surface area contributed by atoms with Crippen LogP contribution in [0.3, 0.4) is 0 Å². The van der Waals surface area contributed by atoms with Gasteiger partial charge in [-0.2, -0.15) is 0 Å². The van der Waals surface area contributed by atoms with E-state index in [4.69, 9.17) is 0 Å². The van der Waals surface area contributed by atoms with Crippen molar-refractivity contribution in [2.75, 3.05) is 5.75 Å². The second kappa shape index (κ2) is 5.38. The number of aryl methyl sites for hydroxylation is 1. The number of fused-ring (bicyclic) bond motifs is 1. The maximum absolute atomic E-state index is 13.2. The van der Waals surface area contributed by atoms with Crippen LogP contribution in [0, 0.1) is 12.7 Å². The predicted molar refractivity (Wildman–Crippen MR) is 86.9 cm³/mol. The quantitative estimate of drug-likeness (QED) is 0.726. The summed E-state index contributed by atoms with van der Waals surface area (Å²) in [5.74, 6) is 0.300. The molecule has 0 spiro atoms. The van der Waals surface area contributed by atoms with Crippen LogP contribution in [0.15, 0.2) is 47.8 Å². The molecule has 0 bridgehead atoms. The Morgan fingerprint density at radius 2 is 1.96 bits per heavy atom. The SMILES string of the molecule is Cc1cc(-c2c(-c3ccc(F)cc3)nc3n2CCS3=O)ccn1. The Labute approximate surface area is 135 Å². The zero-order chi connectivity index (χ0) is 16.0. The fourth-order valence-corrected chi connectivity index (χ4v) is 4.03. The molecule has 0 radical (unpaired) electrons. The van der Waals surface area contributed by atoms with E-state index in [2.05, 4.69) is 9.97 Å². The van der Waals surface area contributed by atoms with E-state index in [1.165, 1.54) is 12.1 Å². The molecule has 4 nitrogen and oxygen atoms in total. The van der Waals surface area contributed by atoms with Crippen molar-refractivity contribution in [2.24, 2.45) is 0 Å². The van der Waals surface area contributed by atoms with Crippen molar-refractivity contribution in [1.82, 2.24) is 14.5 Å². The molecule has 23 heavy (non-hydrogen) atoms. The summed E-state index contributed by atoms with van der Waals surface area (Å²) >= 11 is 0. The van der Waals surface area contributed by atoms with Crippen LogP contribution in [0.2, 0.25) is 0 Å². The standard InChI is InChI=1S/C17H14FN3OS/c1-11-10-13(6-7-19-11)16-15(12-2-4-14(18)5-3-12)20-17-21(16)8-9-23(17)22/h2-7,10H,8-9H2,1H3. The first-order valence-corrected chi connectivity index (χ1v) is 8.63. The highest BCUT2D eigenvalue weighted by atomic mass is 32.2. The number of rotatable bonds is 2. The van der Waals surface area contributed by atoms with Gasteiger partial charge < -0.3 is 4.57 Å². The van der Waals surface area contributed by atoms with Gasteiger partial charge in [0.25, 0.3) is 0 Å². The second-order valence-corrected chi connectivity index (χ2v) is 6.95. The Bertz CT molecular complexity index is 918. The maximum Gasteiger partial charge on any atom is 0.200 e. The lowest BCUT2D eigenvalue weighted by atomic mass is 10.0. The number of hydrogen-bond donors (Lipinski definition) is 0. The van der Waals surface area contributed by atoms with E-state index < -0.39 is 10.8 Å². The first-order chi connectivity index (χ1) is 11.1. The molecule has 0 saturated carbocycles. The fraction of sp³-hybridized carbons (Fsp3) is 0.176. The van der Waals surface area contributed by atoms with Gasteiger partial charge in [0.1, 0.15) is 5.82 Å². The van der Waals surface area contributed by atoms with Crippen molar-refractivity contribution in [3.63, 3.8) is 0 Å². The van der Waals surface area contributed by atoms with Crippen LogP contribution in [0.5, 0.6) is 0 Å². The van der Waals surface area contributed by atoms with Crippen LogP contribution in [-0.4, -0.2) is 24.5 Å². The third-order valence-corrected chi connectivity index (χ3v) is 5.20. The molecular weight excluding hydrogens is 313 g/mol. The molecule has 1 unspecified atom stereocenters. The van der Waals surface area contributed by atoms with Crippen LogP contribution in [-0.2, 0) is 17.3 Å². The highest BCUT2D eigenvalue weighted by molar-refractivity contribution is 7.85. The molecule has 1 aliphatic rings. The molecule has 3 heterocycles. The van der Waals surface area contributed by atoms with Gasteiger partial charge in [-0.25, -0.2) is 9.37 Å². The summed E-state index contributed by atoms with van der Waals surface area (Å²) in [4.78, 5) is 8.83. The summed E-state index contributed by atoms with van der Waals surface area (Å²) in [5, 5.41) is 0.591. The van der Waals surface area contributed by atoms with Crippen molar-refractivity contribution in [1.29, 1.82) is 0 Å². The lowest BCUT2D eigenvalue weighted by Gasteiger charge is -2.08. The van der Waals surface area contributed by atoms with Gasteiger partial charge in [0.2, 0.25) is 0 Å². The molecular formula is C17H14FN3OS.